The summed E-state index contributed by atoms with van der Waals surface area (Å²) in [6, 6.07) is 0. The summed E-state index contributed by atoms with van der Waals surface area (Å²) in [5.74, 6) is -1.27. The lowest BCUT2D eigenvalue weighted by atomic mass is 10.1. The summed E-state index contributed by atoms with van der Waals surface area (Å²) >= 11 is 0. The molecule has 12 heteroatoms. The Kier molecular flexibility index (Phi) is 30.7. The number of rotatable bonds is 28. The third-order valence-electron chi connectivity index (χ3n) is 8.25. The number of esters is 2. The monoisotopic (exact) mass is 731 g/mol. The normalized spacial score (nSPS) is 13.5. The van der Waals surface area contributed by atoms with E-state index < -0.39 is 48.0 Å². The zero-order valence-corrected chi connectivity index (χ0v) is 34.1. The molecule has 0 spiro atoms. The number of ether oxygens (including phenoxy) is 5. The van der Waals surface area contributed by atoms with Crippen molar-refractivity contribution in [2.45, 2.75) is 181 Å². The van der Waals surface area contributed by atoms with Gasteiger partial charge >= 0.3 is 18.0 Å². The lowest BCUT2D eigenvalue weighted by Crippen LogP contribution is -2.38. The van der Waals surface area contributed by atoms with E-state index in [1.54, 1.807) is 27.8 Å². The van der Waals surface area contributed by atoms with Crippen LogP contribution in [0.4, 0.5) is 4.79 Å². The Morgan fingerprint density at radius 2 is 1.00 bits per heavy atom. The highest BCUT2D eigenvalue weighted by molar-refractivity contribution is 5.85. The Balaban J connectivity index is 0. The predicted octanol–water partition coefficient (Wildman–Crippen LogP) is 7.37. The maximum atomic E-state index is 12.4. The maximum Gasteiger partial charge on any atom is 0.410 e. The van der Waals surface area contributed by atoms with Crippen molar-refractivity contribution in [2.75, 3.05) is 41.4 Å². The largest absolute Gasteiger partial charge is 0.452 e. The second-order valence-corrected chi connectivity index (χ2v) is 14.2. The molecule has 0 aliphatic heterocycles. The number of amides is 1. The smallest absolute Gasteiger partial charge is 0.410 e. The van der Waals surface area contributed by atoms with Gasteiger partial charge in [-0.3, -0.25) is 9.59 Å². The molecule has 0 aliphatic rings. The van der Waals surface area contributed by atoms with Crippen LogP contribution in [-0.4, -0.2) is 106 Å². The van der Waals surface area contributed by atoms with E-state index in [0.717, 1.165) is 32.1 Å². The molecule has 0 aromatic carbocycles. The van der Waals surface area contributed by atoms with E-state index >= 15 is 0 Å². The van der Waals surface area contributed by atoms with E-state index in [2.05, 4.69) is 19.2 Å². The van der Waals surface area contributed by atoms with Crippen molar-refractivity contribution < 1.29 is 47.7 Å². The quantitative estimate of drug-likeness (QED) is 0.0489. The van der Waals surface area contributed by atoms with E-state index in [9.17, 15) is 24.0 Å². The Labute approximate surface area is 309 Å². The number of hydrogen-bond acceptors (Lipinski definition) is 11. The van der Waals surface area contributed by atoms with E-state index in [1.807, 2.05) is 7.05 Å². The summed E-state index contributed by atoms with van der Waals surface area (Å²) in [6.45, 7) is 13.6. The van der Waals surface area contributed by atoms with Crippen molar-refractivity contribution >= 4 is 29.6 Å². The van der Waals surface area contributed by atoms with Crippen molar-refractivity contribution in [1.29, 1.82) is 0 Å². The number of nitrogens with zero attached hydrogens (tertiary/aromatic N) is 1. The fraction of sp³-hybridized carbons (Fsp3) is 0.872. The topological polar surface area (TPSA) is 147 Å². The Bertz CT molecular complexity index is 953. The van der Waals surface area contributed by atoms with Crippen LogP contribution in [0.15, 0.2) is 0 Å². The summed E-state index contributed by atoms with van der Waals surface area (Å²) < 4.78 is 26.4. The van der Waals surface area contributed by atoms with Crippen molar-refractivity contribution in [3.63, 3.8) is 0 Å². The van der Waals surface area contributed by atoms with Crippen molar-refractivity contribution in [3.8, 4) is 0 Å². The third kappa shape index (κ3) is 27.7. The summed E-state index contributed by atoms with van der Waals surface area (Å²) in [7, 11) is 6.31. The van der Waals surface area contributed by atoms with Crippen LogP contribution in [0.2, 0.25) is 0 Å². The number of hydrogen-bond donors (Lipinski definition) is 1. The second kappa shape index (κ2) is 31.0. The van der Waals surface area contributed by atoms with Crippen LogP contribution >= 0.6 is 0 Å². The molecule has 0 bridgehead atoms. The molecule has 0 aliphatic carbocycles. The molecule has 1 amide bonds. The van der Waals surface area contributed by atoms with Gasteiger partial charge in [0.1, 0.15) is 5.60 Å². The maximum absolute atomic E-state index is 12.4. The summed E-state index contributed by atoms with van der Waals surface area (Å²) in [5.41, 5.74) is -0.587. The molecule has 12 nitrogen and oxygen atoms in total. The van der Waals surface area contributed by atoms with Gasteiger partial charge < -0.3 is 33.9 Å². The molecule has 0 saturated carbocycles. The number of Topliss-reactive ketones (excluding diaryl/α,β-unsaturated/α-hetero) is 2. The van der Waals surface area contributed by atoms with E-state index in [4.69, 9.17) is 23.7 Å². The number of ketones is 2. The molecule has 0 unspecified atom stereocenters. The van der Waals surface area contributed by atoms with Crippen LogP contribution in [0.1, 0.15) is 151 Å². The molecular formula is C39H74N2O10. The van der Waals surface area contributed by atoms with Gasteiger partial charge in [0, 0.05) is 34.2 Å². The van der Waals surface area contributed by atoms with Crippen molar-refractivity contribution in [2.24, 2.45) is 0 Å². The molecule has 1 N–H and O–H groups in total. The van der Waals surface area contributed by atoms with Crippen LogP contribution in [0.25, 0.3) is 0 Å². The number of carbonyl (C=O) groups is 5. The van der Waals surface area contributed by atoms with Gasteiger partial charge in [0.25, 0.3) is 0 Å². The average molecular weight is 731 g/mol. The standard InChI is InChI=1S/C22H41NO6.C17H33NO4/c1-8-9-10-11-12-13-14-18(17(2)24)28-20(25)19(27-7)15-16-23(6)21(26)29-22(3,4)5;1-5-6-7-8-9-10-11-15(14(2)19)22-17(20)16(21-4)12-13-18-3/h18-19H,8-16H2,1-7H3;15-16,18H,5-13H2,1-4H3/t18-,19-;15-,16-/m00/s1. The second-order valence-electron chi connectivity index (χ2n) is 14.2. The molecule has 0 radical (unpaired) electrons. The van der Waals surface area contributed by atoms with Gasteiger partial charge in [0.2, 0.25) is 0 Å². The summed E-state index contributed by atoms with van der Waals surface area (Å²) in [5, 5.41) is 2.97. The molecule has 0 fully saturated rings. The molecular weight excluding hydrogens is 656 g/mol. The number of methoxy groups -OCH3 is 2. The summed E-state index contributed by atoms with van der Waals surface area (Å²) in [6.07, 6.45) is 12.1. The number of nitrogens with one attached hydrogen (secondary N) is 1. The highest BCUT2D eigenvalue weighted by atomic mass is 16.6. The molecule has 0 aromatic rings. The lowest BCUT2D eigenvalue weighted by Gasteiger charge is -2.26. The Morgan fingerprint density at radius 1 is 0.608 bits per heavy atom. The van der Waals surface area contributed by atoms with Gasteiger partial charge in [0.05, 0.1) is 0 Å². The van der Waals surface area contributed by atoms with Gasteiger partial charge in [0.15, 0.2) is 36.0 Å². The van der Waals surface area contributed by atoms with Crippen LogP contribution in [-0.2, 0) is 42.9 Å². The van der Waals surface area contributed by atoms with Crippen LogP contribution in [0, 0.1) is 0 Å². The number of unbranched alkanes of at least 4 members (excludes halogenated alkanes) is 10. The molecule has 0 saturated heterocycles. The average Bonchev–Trinajstić information content (AvgIpc) is 3.06. The van der Waals surface area contributed by atoms with Gasteiger partial charge in [-0.05, 0) is 80.3 Å². The fourth-order valence-corrected chi connectivity index (χ4v) is 5.02. The summed E-state index contributed by atoms with van der Waals surface area (Å²) in [4.78, 5) is 61.4. The zero-order chi connectivity index (χ0) is 39.2. The van der Waals surface area contributed by atoms with E-state index in [0.29, 0.717) is 25.8 Å². The number of carbonyl (C=O) groups excluding carboxylic acids is 5. The predicted molar refractivity (Wildman–Crippen MR) is 201 cm³/mol. The van der Waals surface area contributed by atoms with Crippen molar-refractivity contribution in [1.82, 2.24) is 10.2 Å². The van der Waals surface area contributed by atoms with Crippen LogP contribution < -0.4 is 5.32 Å². The minimum atomic E-state index is -0.841. The van der Waals surface area contributed by atoms with Crippen LogP contribution in [0.5, 0.6) is 0 Å². The molecule has 0 aromatic heterocycles. The van der Waals surface area contributed by atoms with Gasteiger partial charge in [-0.1, -0.05) is 78.1 Å². The molecule has 4 atom stereocenters. The first-order chi connectivity index (χ1) is 24.1. The van der Waals surface area contributed by atoms with E-state index in [-0.39, 0.29) is 24.5 Å². The Hall–Kier alpha value is -2.57. The van der Waals surface area contributed by atoms with Gasteiger partial charge in [-0.2, -0.15) is 0 Å². The molecule has 0 rings (SSSR count). The highest BCUT2D eigenvalue weighted by Crippen LogP contribution is 2.15. The fourth-order valence-electron chi connectivity index (χ4n) is 5.02. The first-order valence-corrected chi connectivity index (χ1v) is 19.1. The van der Waals surface area contributed by atoms with E-state index in [1.165, 1.54) is 77.9 Å². The van der Waals surface area contributed by atoms with Crippen molar-refractivity contribution in [3.05, 3.63) is 0 Å². The highest BCUT2D eigenvalue weighted by Gasteiger charge is 2.28. The first-order valence-electron chi connectivity index (χ1n) is 19.1. The molecule has 51 heavy (non-hydrogen) atoms. The van der Waals surface area contributed by atoms with Crippen LogP contribution in [0.3, 0.4) is 0 Å². The van der Waals surface area contributed by atoms with Gasteiger partial charge in [-0.15, -0.1) is 0 Å². The zero-order valence-electron chi connectivity index (χ0n) is 34.1. The molecule has 0 heterocycles. The molecule has 300 valence electrons. The first kappa shape index (κ1) is 50.5. The minimum absolute atomic E-state index is 0.0922. The minimum Gasteiger partial charge on any atom is -0.452 e. The van der Waals surface area contributed by atoms with Gasteiger partial charge in [-0.25, -0.2) is 14.4 Å². The lowest BCUT2D eigenvalue weighted by molar-refractivity contribution is -0.165. The SMILES string of the molecule is CCCCCCCC[C@H](OC(=O)[C@H](CCN(C)C(=O)OC(C)(C)C)OC)C(C)=O.CCCCCCCC[C@H](OC(=O)[C@H](CCNC)OC)C(C)=O. The third-order valence-corrected chi connectivity index (χ3v) is 8.25. The Morgan fingerprint density at radius 3 is 1.35 bits per heavy atom.